The summed E-state index contributed by atoms with van der Waals surface area (Å²) in [5, 5.41) is 3.72. The van der Waals surface area contributed by atoms with Crippen molar-refractivity contribution in [3.05, 3.63) is 0 Å². The fraction of sp³-hybridized carbons (Fsp3) is 1.00. The molecule has 3 aliphatic heterocycles. The van der Waals surface area contributed by atoms with Gasteiger partial charge in [0.15, 0.2) is 0 Å². The van der Waals surface area contributed by atoms with E-state index in [-0.39, 0.29) is 4.20 Å². The average molecular weight is 242 g/mol. The molecule has 3 fully saturated rings. The molecule has 3 rings (SSSR count). The lowest BCUT2D eigenvalue weighted by molar-refractivity contribution is 0.331. The lowest BCUT2D eigenvalue weighted by Crippen LogP contribution is -2.55. The van der Waals surface area contributed by atoms with E-state index in [4.69, 9.17) is 7.26 Å². The van der Waals surface area contributed by atoms with Crippen LogP contribution in [0.15, 0.2) is 0 Å². The van der Waals surface area contributed by atoms with Crippen LogP contribution in [0.3, 0.4) is 0 Å². The Morgan fingerprint density at radius 1 is 1.42 bits per heavy atom. The highest BCUT2D eigenvalue weighted by atomic mass is 32.3. The summed E-state index contributed by atoms with van der Waals surface area (Å²) in [7, 11) is 0. The van der Waals surface area contributed by atoms with E-state index in [9.17, 15) is 0 Å². The molecule has 4 nitrogen and oxygen atoms in total. The van der Waals surface area contributed by atoms with E-state index in [1.54, 1.807) is 0 Å². The van der Waals surface area contributed by atoms with Crippen molar-refractivity contribution in [1.82, 2.24) is 9.62 Å². The van der Waals surface area contributed by atoms with Crippen molar-refractivity contribution in [3.8, 4) is 0 Å². The van der Waals surface area contributed by atoms with E-state index in [2.05, 4.69) is 9.62 Å². The lowest BCUT2D eigenvalue weighted by atomic mass is 10.4. The molecule has 0 aromatic rings. The third-order valence-corrected chi connectivity index (χ3v) is 6.67. The van der Waals surface area contributed by atoms with Crippen molar-refractivity contribution in [2.75, 3.05) is 13.1 Å². The predicted octanol–water partition coefficient (Wildman–Crippen LogP) is 1.44. The van der Waals surface area contributed by atoms with Gasteiger partial charge in [0.1, 0.15) is 5.37 Å². The Kier molecular flexibility index (Phi) is 2.23. The molecular formula is C4H6N2O2S4. The van der Waals surface area contributed by atoms with Crippen LogP contribution in [-0.4, -0.2) is 27.0 Å². The highest BCUT2D eigenvalue weighted by Crippen LogP contribution is 2.62. The van der Waals surface area contributed by atoms with Gasteiger partial charge >= 0.3 is 0 Å². The Labute approximate surface area is 87.8 Å². The molecule has 1 spiro atoms. The minimum atomic E-state index is -0.0619. The largest absolute Gasteiger partial charge is 0.299 e. The molecule has 2 unspecified atom stereocenters. The predicted molar refractivity (Wildman–Crippen MR) is 53.8 cm³/mol. The van der Waals surface area contributed by atoms with Crippen molar-refractivity contribution < 1.29 is 7.26 Å². The van der Waals surface area contributed by atoms with Crippen molar-refractivity contribution in [2.24, 2.45) is 0 Å². The Morgan fingerprint density at radius 3 is 3.33 bits per heavy atom. The number of hydrogen-bond donors (Lipinski definition) is 1. The Morgan fingerprint density at radius 2 is 2.33 bits per heavy atom. The minimum Gasteiger partial charge on any atom is -0.299 e. The first-order valence-electron chi connectivity index (χ1n) is 3.46. The molecule has 3 heterocycles. The molecule has 2 atom stereocenters. The van der Waals surface area contributed by atoms with Crippen LogP contribution in [0.1, 0.15) is 0 Å². The van der Waals surface area contributed by atoms with Gasteiger partial charge in [0.05, 0.1) is 12.2 Å². The molecule has 12 heavy (non-hydrogen) atoms. The molecule has 0 saturated carbocycles. The topological polar surface area (TPSA) is 33.7 Å². The third-order valence-electron chi connectivity index (χ3n) is 1.89. The van der Waals surface area contributed by atoms with E-state index in [1.165, 1.54) is 48.4 Å². The van der Waals surface area contributed by atoms with Gasteiger partial charge in [0, 0.05) is 49.2 Å². The molecule has 0 radical (unpaired) electrons. The number of hydrogen-bond acceptors (Lipinski definition) is 8. The van der Waals surface area contributed by atoms with E-state index in [1.807, 2.05) is 0 Å². The molecule has 0 aromatic heterocycles. The molecule has 0 aromatic carbocycles. The van der Waals surface area contributed by atoms with E-state index in [0.29, 0.717) is 5.37 Å². The molecular weight excluding hydrogens is 236 g/mol. The van der Waals surface area contributed by atoms with Gasteiger partial charge in [-0.05, 0) is 0 Å². The third kappa shape index (κ3) is 1.07. The zero-order chi connectivity index (χ0) is 8.02. The van der Waals surface area contributed by atoms with Gasteiger partial charge in [-0.3, -0.25) is 5.32 Å². The summed E-state index contributed by atoms with van der Waals surface area (Å²) < 4.78 is 12.8. The first kappa shape index (κ1) is 8.54. The quantitative estimate of drug-likeness (QED) is 0.505. The first-order valence-corrected chi connectivity index (χ1v) is 6.45. The van der Waals surface area contributed by atoms with Gasteiger partial charge in [0.25, 0.3) is 0 Å². The number of rotatable bonds is 0. The molecule has 68 valence electrons. The fourth-order valence-corrected chi connectivity index (χ4v) is 5.97. The molecule has 0 bridgehead atoms. The summed E-state index contributed by atoms with van der Waals surface area (Å²) in [6, 6.07) is 0. The van der Waals surface area contributed by atoms with Crippen LogP contribution in [0.5, 0.6) is 0 Å². The van der Waals surface area contributed by atoms with E-state index >= 15 is 0 Å². The van der Waals surface area contributed by atoms with Crippen LogP contribution in [-0.2, 0) is 7.26 Å². The summed E-state index contributed by atoms with van der Waals surface area (Å²) in [6.07, 6.45) is 0. The van der Waals surface area contributed by atoms with Crippen molar-refractivity contribution >= 4 is 48.4 Å². The van der Waals surface area contributed by atoms with Crippen LogP contribution >= 0.6 is 48.4 Å². The van der Waals surface area contributed by atoms with E-state index < -0.39 is 0 Å². The second-order valence-electron chi connectivity index (χ2n) is 2.54. The van der Waals surface area contributed by atoms with Gasteiger partial charge in [-0.1, -0.05) is 0 Å². The van der Waals surface area contributed by atoms with Crippen molar-refractivity contribution in [3.63, 3.8) is 0 Å². The maximum Gasteiger partial charge on any atom is 0.206 e. The minimum absolute atomic E-state index is 0.0619. The number of nitrogens with zero attached hydrogens (tertiary/aromatic N) is 1. The monoisotopic (exact) mass is 242 g/mol. The van der Waals surface area contributed by atoms with Gasteiger partial charge in [-0.15, -0.1) is 0 Å². The lowest BCUT2D eigenvalue weighted by Gasteiger charge is -2.35. The Balaban J connectivity index is 1.93. The van der Waals surface area contributed by atoms with Crippen LogP contribution in [0.25, 0.3) is 0 Å². The van der Waals surface area contributed by atoms with Crippen LogP contribution in [0.4, 0.5) is 0 Å². The summed E-state index contributed by atoms with van der Waals surface area (Å²) in [6.45, 7) is 2.01. The zero-order valence-electron chi connectivity index (χ0n) is 5.89. The van der Waals surface area contributed by atoms with Gasteiger partial charge in [-0.25, -0.2) is 7.26 Å². The Bertz CT molecular complexity index is 185. The molecule has 0 aliphatic carbocycles. The molecule has 3 saturated heterocycles. The van der Waals surface area contributed by atoms with Crippen molar-refractivity contribution in [1.29, 1.82) is 0 Å². The number of piperazine rings is 1. The Hall–Kier alpha value is 1.24. The summed E-state index contributed by atoms with van der Waals surface area (Å²) in [5.74, 6) is 0. The highest BCUT2D eigenvalue weighted by molar-refractivity contribution is 8.25. The summed E-state index contributed by atoms with van der Waals surface area (Å²) >= 11 is 5.90. The van der Waals surface area contributed by atoms with Crippen LogP contribution in [0, 0.1) is 0 Å². The number of nitrogens with one attached hydrogen (secondary N) is 1. The molecule has 3 aliphatic rings. The fourth-order valence-electron chi connectivity index (χ4n) is 1.29. The maximum atomic E-state index is 5.31. The van der Waals surface area contributed by atoms with E-state index in [0.717, 1.165) is 13.1 Å². The van der Waals surface area contributed by atoms with Gasteiger partial charge < -0.3 is 0 Å². The smallest absolute Gasteiger partial charge is 0.206 e. The van der Waals surface area contributed by atoms with Crippen molar-refractivity contribution in [2.45, 2.75) is 9.58 Å². The van der Waals surface area contributed by atoms with Gasteiger partial charge in [-0.2, -0.15) is 4.31 Å². The average Bonchev–Trinajstić information content (AvgIpc) is 2.63. The second kappa shape index (κ2) is 3.13. The summed E-state index contributed by atoms with van der Waals surface area (Å²) in [5.41, 5.74) is 0. The maximum absolute atomic E-state index is 5.31. The summed E-state index contributed by atoms with van der Waals surface area (Å²) in [4.78, 5) is 0. The first-order chi connectivity index (χ1) is 5.92. The SMILES string of the molecule is C1CN2SOSC23SOSC3N1. The second-order valence-corrected chi connectivity index (χ2v) is 6.72. The molecule has 8 heteroatoms. The zero-order valence-corrected chi connectivity index (χ0v) is 9.15. The van der Waals surface area contributed by atoms with Gasteiger partial charge in [0.2, 0.25) is 4.20 Å². The normalized spacial score (nSPS) is 47.5. The van der Waals surface area contributed by atoms with Crippen LogP contribution in [0.2, 0.25) is 0 Å². The molecule has 1 N–H and O–H groups in total. The standard InChI is InChI=1S/C4H6N2O2S4/c1-2-6-4(11-8-12-6)3(5-1)9-7-10-4/h3,5H,1-2H2. The highest BCUT2D eigenvalue weighted by Gasteiger charge is 2.59. The molecule has 0 amide bonds. The van der Waals surface area contributed by atoms with Crippen LogP contribution < -0.4 is 5.32 Å².